The van der Waals surface area contributed by atoms with E-state index < -0.39 is 27.5 Å². The number of amides is 1. The lowest BCUT2D eigenvalue weighted by atomic mass is 10.1. The Morgan fingerprint density at radius 1 is 1.09 bits per heavy atom. The van der Waals surface area contributed by atoms with Crippen LogP contribution in [0.3, 0.4) is 0 Å². The van der Waals surface area contributed by atoms with E-state index in [4.69, 9.17) is 0 Å². The highest BCUT2D eigenvalue weighted by Gasteiger charge is 2.34. The smallest absolute Gasteiger partial charge is 0.396 e. The molecular weight excluding hydrogens is 445 g/mol. The van der Waals surface area contributed by atoms with E-state index in [0.29, 0.717) is 11.4 Å². The molecule has 0 fully saturated rings. The van der Waals surface area contributed by atoms with Crippen LogP contribution in [0.5, 0.6) is 0 Å². The monoisotopic (exact) mass is 466 g/mol. The highest BCUT2D eigenvalue weighted by atomic mass is 32.2. The van der Waals surface area contributed by atoms with Gasteiger partial charge in [-0.2, -0.15) is 13.2 Å². The largest absolute Gasteiger partial charge is 0.418 e. The molecule has 1 heterocycles. The van der Waals surface area contributed by atoms with Crippen molar-refractivity contribution in [2.45, 2.75) is 24.4 Å². The average Bonchev–Trinajstić information content (AvgIpc) is 3.03. The van der Waals surface area contributed by atoms with E-state index in [1.165, 1.54) is 60.0 Å². The molecular formula is C22H21F3N2O4S. The highest BCUT2D eigenvalue weighted by Crippen LogP contribution is 2.35. The molecule has 0 radical (unpaired) electrons. The van der Waals surface area contributed by atoms with Crippen LogP contribution >= 0.6 is 0 Å². The average molecular weight is 466 g/mol. The summed E-state index contributed by atoms with van der Waals surface area (Å²) in [5.41, 5.74) is 0.0833. The van der Waals surface area contributed by atoms with Crippen LogP contribution in [0.1, 0.15) is 27.3 Å². The van der Waals surface area contributed by atoms with Gasteiger partial charge in [0.05, 0.1) is 21.7 Å². The van der Waals surface area contributed by atoms with Crippen molar-refractivity contribution in [3.63, 3.8) is 0 Å². The summed E-state index contributed by atoms with van der Waals surface area (Å²) in [7, 11) is -3.39. The number of anilines is 1. The fourth-order valence-electron chi connectivity index (χ4n) is 3.43. The van der Waals surface area contributed by atoms with Gasteiger partial charge in [0.1, 0.15) is 0 Å². The van der Waals surface area contributed by atoms with E-state index >= 15 is 0 Å². The number of benzene rings is 2. The number of halogens is 3. The zero-order valence-electron chi connectivity index (χ0n) is 17.3. The summed E-state index contributed by atoms with van der Waals surface area (Å²) in [6.07, 6.45) is -3.49. The molecule has 0 spiro atoms. The van der Waals surface area contributed by atoms with Crippen molar-refractivity contribution in [2.24, 2.45) is 0 Å². The fraction of sp³-hybridized carbons (Fsp3) is 0.227. The number of carbonyl (C=O) groups is 1. The van der Waals surface area contributed by atoms with Gasteiger partial charge in [0.2, 0.25) is 0 Å². The first kappa shape index (κ1) is 23.6. The van der Waals surface area contributed by atoms with E-state index in [-0.39, 0.29) is 34.9 Å². The van der Waals surface area contributed by atoms with E-state index in [9.17, 15) is 31.5 Å². The van der Waals surface area contributed by atoms with Gasteiger partial charge in [0.25, 0.3) is 5.91 Å². The summed E-state index contributed by atoms with van der Waals surface area (Å²) in [5, 5.41) is 12.0. The third kappa shape index (κ3) is 4.86. The van der Waals surface area contributed by atoms with Crippen LogP contribution < -0.4 is 5.32 Å². The van der Waals surface area contributed by atoms with Gasteiger partial charge in [-0.05, 0) is 49.4 Å². The molecule has 10 heteroatoms. The van der Waals surface area contributed by atoms with Crippen molar-refractivity contribution in [2.75, 3.05) is 18.2 Å². The Morgan fingerprint density at radius 3 is 2.28 bits per heavy atom. The van der Waals surface area contributed by atoms with Gasteiger partial charge >= 0.3 is 6.18 Å². The number of rotatable bonds is 6. The zero-order valence-corrected chi connectivity index (χ0v) is 18.1. The van der Waals surface area contributed by atoms with Gasteiger partial charge in [-0.3, -0.25) is 4.79 Å². The second-order valence-corrected chi connectivity index (χ2v) is 9.23. The Bertz CT molecular complexity index is 1250. The predicted octanol–water partition coefficient (Wildman–Crippen LogP) is 4.00. The number of carbonyl (C=O) groups excluding carboxylic acids is 1. The van der Waals surface area contributed by atoms with Crippen LogP contribution in [-0.2, 0) is 22.4 Å². The standard InChI is InChI=1S/C22H21F3N2O4S/c1-14-18(21(29)26-15-7-9-17(10-8-15)32(2,30)31)13-16(11-12-28)27(14)20-6-4-3-5-19(20)22(23,24)25/h3-10,13,28H,11-12H2,1-2H3,(H,26,29). The van der Waals surface area contributed by atoms with E-state index in [1.54, 1.807) is 0 Å². The molecule has 0 aliphatic heterocycles. The van der Waals surface area contributed by atoms with Crippen LogP contribution in [0, 0.1) is 6.92 Å². The number of sulfone groups is 1. The van der Waals surface area contributed by atoms with E-state index in [2.05, 4.69) is 5.32 Å². The molecule has 1 amide bonds. The number of aromatic nitrogens is 1. The number of aliphatic hydroxyl groups excluding tert-OH is 1. The summed E-state index contributed by atoms with van der Waals surface area (Å²) >= 11 is 0. The van der Waals surface area contributed by atoms with Gasteiger partial charge < -0.3 is 15.0 Å². The number of alkyl halides is 3. The molecule has 170 valence electrons. The molecule has 0 unspecified atom stereocenters. The first-order valence-corrected chi connectivity index (χ1v) is 11.4. The third-order valence-electron chi connectivity index (χ3n) is 4.93. The topological polar surface area (TPSA) is 88.4 Å². The van der Waals surface area contributed by atoms with E-state index in [0.717, 1.165) is 12.3 Å². The van der Waals surface area contributed by atoms with Gasteiger partial charge in [-0.15, -0.1) is 0 Å². The number of nitrogens with one attached hydrogen (secondary N) is 1. The van der Waals surface area contributed by atoms with Crippen LogP contribution in [0.25, 0.3) is 5.69 Å². The molecule has 0 saturated heterocycles. The molecule has 0 aliphatic rings. The fourth-order valence-corrected chi connectivity index (χ4v) is 4.06. The summed E-state index contributed by atoms with van der Waals surface area (Å²) in [5.74, 6) is -0.572. The maximum absolute atomic E-state index is 13.6. The number of para-hydroxylation sites is 1. The second-order valence-electron chi connectivity index (χ2n) is 7.21. The SMILES string of the molecule is Cc1c(C(=O)Nc2ccc(S(C)(=O)=O)cc2)cc(CCO)n1-c1ccccc1C(F)(F)F. The second kappa shape index (κ2) is 8.79. The molecule has 0 aliphatic carbocycles. The van der Waals surface area contributed by atoms with Crippen molar-refractivity contribution < 1.29 is 31.5 Å². The van der Waals surface area contributed by atoms with Crippen LogP contribution in [0.2, 0.25) is 0 Å². The number of hydrogen-bond donors (Lipinski definition) is 2. The highest BCUT2D eigenvalue weighted by molar-refractivity contribution is 7.90. The predicted molar refractivity (Wildman–Crippen MR) is 114 cm³/mol. The van der Waals surface area contributed by atoms with E-state index in [1.807, 2.05) is 0 Å². The molecule has 3 aromatic rings. The summed E-state index contributed by atoms with van der Waals surface area (Å²) in [6, 6.07) is 12.0. The lowest BCUT2D eigenvalue weighted by molar-refractivity contribution is -0.137. The minimum Gasteiger partial charge on any atom is -0.396 e. The first-order chi connectivity index (χ1) is 14.9. The van der Waals surface area contributed by atoms with Crippen LogP contribution in [0.4, 0.5) is 18.9 Å². The lowest BCUT2D eigenvalue weighted by Crippen LogP contribution is -2.15. The minimum absolute atomic E-state index is 0.0450. The Balaban J connectivity index is 2.02. The third-order valence-corrected chi connectivity index (χ3v) is 6.06. The van der Waals surface area contributed by atoms with Gasteiger partial charge in [0, 0.05) is 36.4 Å². The van der Waals surface area contributed by atoms with Gasteiger partial charge in [0.15, 0.2) is 9.84 Å². The van der Waals surface area contributed by atoms with Gasteiger partial charge in [-0.25, -0.2) is 8.42 Å². The Hall–Kier alpha value is -3.11. The normalized spacial score (nSPS) is 12.1. The minimum atomic E-state index is -4.60. The molecule has 2 aromatic carbocycles. The molecule has 0 bridgehead atoms. The lowest BCUT2D eigenvalue weighted by Gasteiger charge is -2.17. The molecule has 2 N–H and O–H groups in total. The van der Waals surface area contributed by atoms with Gasteiger partial charge in [-0.1, -0.05) is 12.1 Å². The van der Waals surface area contributed by atoms with Crippen molar-refractivity contribution in [3.8, 4) is 5.69 Å². The number of nitrogens with zero attached hydrogens (tertiary/aromatic N) is 1. The summed E-state index contributed by atoms with van der Waals surface area (Å²) in [4.78, 5) is 13.0. The van der Waals surface area contributed by atoms with Crippen molar-refractivity contribution in [1.29, 1.82) is 0 Å². The number of hydrogen-bond acceptors (Lipinski definition) is 4. The molecule has 6 nitrogen and oxygen atoms in total. The van der Waals surface area contributed by atoms with Crippen molar-refractivity contribution >= 4 is 21.4 Å². The first-order valence-electron chi connectivity index (χ1n) is 9.53. The maximum atomic E-state index is 13.6. The van der Waals surface area contributed by atoms with Crippen LogP contribution in [-0.4, -0.2) is 36.9 Å². The molecule has 32 heavy (non-hydrogen) atoms. The molecule has 1 aromatic heterocycles. The summed E-state index contributed by atoms with van der Waals surface area (Å²) < 4.78 is 65.2. The maximum Gasteiger partial charge on any atom is 0.418 e. The number of aliphatic hydroxyl groups is 1. The molecule has 0 saturated carbocycles. The molecule has 3 rings (SSSR count). The summed E-state index contributed by atoms with van der Waals surface area (Å²) in [6.45, 7) is 1.21. The Labute approximate surface area is 183 Å². The quantitative estimate of drug-likeness (QED) is 0.575. The molecule has 0 atom stereocenters. The zero-order chi connectivity index (χ0) is 23.7. The Kier molecular flexibility index (Phi) is 6.47. The van der Waals surface area contributed by atoms with Crippen LogP contribution in [0.15, 0.2) is 59.5 Å². The van der Waals surface area contributed by atoms with Crippen molar-refractivity contribution in [3.05, 3.63) is 77.1 Å². The van der Waals surface area contributed by atoms with Crippen molar-refractivity contribution in [1.82, 2.24) is 4.57 Å². The Morgan fingerprint density at radius 2 is 1.72 bits per heavy atom.